The Hall–Kier alpha value is 0. The molecule has 0 unspecified atom stereocenters. The molecule has 116 valence electrons. The van der Waals surface area contributed by atoms with Crippen molar-refractivity contribution in [1.29, 1.82) is 0 Å². The van der Waals surface area contributed by atoms with Gasteiger partial charge in [0.1, 0.15) is 0 Å². The SMILES string of the molecule is C.C.C.C.C.C.CCCC(C)(CCC)CCC. The highest BCUT2D eigenvalue weighted by Gasteiger charge is 2.20. The zero-order chi connectivity index (χ0) is 8.74. The summed E-state index contributed by atoms with van der Waals surface area (Å²) in [5.41, 5.74) is 0.651. The van der Waals surface area contributed by atoms with E-state index in [0.717, 1.165) is 0 Å². The fourth-order valence-corrected chi connectivity index (χ4v) is 2.19. The Morgan fingerprint density at radius 3 is 0.824 bits per heavy atom. The first-order chi connectivity index (χ1) is 5.18. The van der Waals surface area contributed by atoms with Crippen molar-refractivity contribution < 1.29 is 0 Å². The van der Waals surface area contributed by atoms with E-state index >= 15 is 0 Å². The molecule has 0 aliphatic carbocycles. The maximum atomic E-state index is 2.45. The van der Waals surface area contributed by atoms with E-state index in [1.807, 2.05) is 0 Å². The molecule has 0 amide bonds. The van der Waals surface area contributed by atoms with Crippen molar-refractivity contribution in [3.05, 3.63) is 0 Å². The van der Waals surface area contributed by atoms with Crippen LogP contribution in [0.2, 0.25) is 0 Å². The number of rotatable bonds is 6. The van der Waals surface area contributed by atoms with E-state index in [0.29, 0.717) is 5.41 Å². The first-order valence-corrected chi connectivity index (χ1v) is 5.18. The van der Waals surface area contributed by atoms with Crippen molar-refractivity contribution in [2.45, 2.75) is 111 Å². The Morgan fingerprint density at radius 2 is 0.706 bits per heavy atom. The van der Waals surface area contributed by atoms with E-state index in [4.69, 9.17) is 0 Å². The molecule has 0 saturated carbocycles. The molecule has 0 aromatic carbocycles. The summed E-state index contributed by atoms with van der Waals surface area (Å²) in [6, 6.07) is 0. The predicted octanol–water partition coefficient (Wildman–Crippen LogP) is 8.21. The molecule has 0 heterocycles. The van der Waals surface area contributed by atoms with Crippen LogP contribution in [0.1, 0.15) is 111 Å². The molecule has 0 aromatic heterocycles. The molecule has 0 heteroatoms. The maximum absolute atomic E-state index is 2.45. The van der Waals surface area contributed by atoms with Crippen LogP contribution in [0.15, 0.2) is 0 Å². The molecule has 0 aliphatic heterocycles. The number of hydrogen-bond donors (Lipinski definition) is 0. The summed E-state index contributed by atoms with van der Waals surface area (Å²) in [5, 5.41) is 0. The fourth-order valence-electron chi connectivity index (χ4n) is 2.19. The monoisotopic (exact) mass is 252 g/mol. The minimum absolute atomic E-state index is 0. The molecule has 0 aliphatic rings. The summed E-state index contributed by atoms with van der Waals surface area (Å²) in [6.07, 6.45) is 8.27. The van der Waals surface area contributed by atoms with Crippen LogP contribution in [-0.4, -0.2) is 0 Å². The van der Waals surface area contributed by atoms with Crippen molar-refractivity contribution >= 4 is 0 Å². The van der Waals surface area contributed by atoms with Crippen LogP contribution in [0.3, 0.4) is 0 Å². The largest absolute Gasteiger partial charge is 0.0776 e. The van der Waals surface area contributed by atoms with Crippen LogP contribution in [0, 0.1) is 5.41 Å². The van der Waals surface area contributed by atoms with E-state index < -0.39 is 0 Å². The number of hydrogen-bond acceptors (Lipinski definition) is 0. The molecule has 0 saturated heterocycles. The molecule has 17 heavy (non-hydrogen) atoms. The first-order valence-electron chi connectivity index (χ1n) is 5.18. The van der Waals surface area contributed by atoms with Gasteiger partial charge in [-0.05, 0) is 24.7 Å². The lowest BCUT2D eigenvalue weighted by atomic mass is 9.78. The van der Waals surface area contributed by atoms with Crippen molar-refractivity contribution in [1.82, 2.24) is 0 Å². The fraction of sp³-hybridized carbons (Fsp3) is 1.00. The van der Waals surface area contributed by atoms with Gasteiger partial charge < -0.3 is 0 Å². The Bertz CT molecular complexity index is 67.0. The molecule has 0 fully saturated rings. The smallest absolute Gasteiger partial charge is 0.0326 e. The molecule has 0 spiro atoms. The van der Waals surface area contributed by atoms with Crippen LogP contribution in [0.4, 0.5) is 0 Å². The van der Waals surface area contributed by atoms with Crippen LogP contribution in [0.25, 0.3) is 0 Å². The topological polar surface area (TPSA) is 0 Å². The molecular formula is C17H48. The summed E-state index contributed by atoms with van der Waals surface area (Å²) in [7, 11) is 0. The highest BCUT2D eigenvalue weighted by atomic mass is 14.3. The molecule has 0 aromatic rings. The molecular weight excluding hydrogens is 204 g/mol. The van der Waals surface area contributed by atoms with Crippen LogP contribution >= 0.6 is 0 Å². The van der Waals surface area contributed by atoms with Gasteiger partial charge in [-0.15, -0.1) is 0 Å². The van der Waals surface area contributed by atoms with Crippen LogP contribution < -0.4 is 0 Å². The third-order valence-corrected chi connectivity index (χ3v) is 2.56. The van der Waals surface area contributed by atoms with Gasteiger partial charge in [0.05, 0.1) is 0 Å². The second-order valence-electron chi connectivity index (χ2n) is 4.06. The lowest BCUT2D eigenvalue weighted by Crippen LogP contribution is -2.15. The molecule has 0 N–H and O–H groups in total. The van der Waals surface area contributed by atoms with Gasteiger partial charge in [0.25, 0.3) is 0 Å². The third-order valence-electron chi connectivity index (χ3n) is 2.56. The first kappa shape index (κ1) is 43.5. The van der Waals surface area contributed by atoms with Crippen molar-refractivity contribution in [3.63, 3.8) is 0 Å². The van der Waals surface area contributed by atoms with Crippen molar-refractivity contribution in [2.75, 3.05) is 0 Å². The lowest BCUT2D eigenvalue weighted by Gasteiger charge is -2.28. The average Bonchev–Trinajstić information content (AvgIpc) is 1.88. The summed E-state index contributed by atoms with van der Waals surface area (Å²) in [6.45, 7) is 9.33. The van der Waals surface area contributed by atoms with E-state index in [-0.39, 0.29) is 44.6 Å². The van der Waals surface area contributed by atoms with Gasteiger partial charge >= 0.3 is 0 Å². The summed E-state index contributed by atoms with van der Waals surface area (Å²) < 4.78 is 0. The predicted molar refractivity (Wildman–Crippen MR) is 93.2 cm³/mol. The normalized spacial score (nSPS) is 7.76. The average molecular weight is 253 g/mol. The molecule has 0 radical (unpaired) electrons. The second kappa shape index (κ2) is 25.0. The Balaban J connectivity index is -0.0000000333. The molecule has 0 rings (SSSR count). The van der Waals surface area contributed by atoms with E-state index in [2.05, 4.69) is 27.7 Å². The van der Waals surface area contributed by atoms with Gasteiger partial charge in [0.15, 0.2) is 0 Å². The Kier molecular flexibility index (Phi) is 64.0. The third kappa shape index (κ3) is 21.8. The van der Waals surface area contributed by atoms with Gasteiger partial charge in [0.2, 0.25) is 0 Å². The van der Waals surface area contributed by atoms with Gasteiger partial charge in [-0.25, -0.2) is 0 Å². The van der Waals surface area contributed by atoms with Crippen LogP contribution in [0.5, 0.6) is 0 Å². The molecule has 0 nitrogen and oxygen atoms in total. The molecule has 0 atom stereocenters. The minimum atomic E-state index is 0. The molecule has 0 bridgehead atoms. The summed E-state index contributed by atoms with van der Waals surface area (Å²) in [5.74, 6) is 0. The Morgan fingerprint density at radius 1 is 0.529 bits per heavy atom. The quantitative estimate of drug-likeness (QED) is 0.447. The summed E-state index contributed by atoms with van der Waals surface area (Å²) in [4.78, 5) is 0. The van der Waals surface area contributed by atoms with E-state index in [9.17, 15) is 0 Å². The van der Waals surface area contributed by atoms with Crippen LogP contribution in [-0.2, 0) is 0 Å². The highest BCUT2D eigenvalue weighted by molar-refractivity contribution is 4.72. The van der Waals surface area contributed by atoms with E-state index in [1.165, 1.54) is 38.5 Å². The van der Waals surface area contributed by atoms with Gasteiger partial charge in [-0.1, -0.05) is 91.5 Å². The van der Waals surface area contributed by atoms with Gasteiger partial charge in [-0.2, -0.15) is 0 Å². The Labute approximate surface area is 117 Å². The minimum Gasteiger partial charge on any atom is -0.0776 e. The lowest BCUT2D eigenvalue weighted by molar-refractivity contribution is 0.242. The second-order valence-corrected chi connectivity index (χ2v) is 4.06. The standard InChI is InChI=1S/C11H24.6CH4/c1-5-8-11(4,9-6-2)10-7-3;;;;;;/h5-10H2,1-4H3;6*1H4. The van der Waals surface area contributed by atoms with Gasteiger partial charge in [-0.3, -0.25) is 0 Å². The zero-order valence-electron chi connectivity index (χ0n) is 8.74. The van der Waals surface area contributed by atoms with Gasteiger partial charge in [0, 0.05) is 0 Å². The summed E-state index contributed by atoms with van der Waals surface area (Å²) >= 11 is 0. The maximum Gasteiger partial charge on any atom is -0.0326 e. The zero-order valence-corrected chi connectivity index (χ0v) is 8.74. The van der Waals surface area contributed by atoms with E-state index in [1.54, 1.807) is 0 Å². The van der Waals surface area contributed by atoms with Crippen molar-refractivity contribution in [2.24, 2.45) is 5.41 Å². The highest BCUT2D eigenvalue weighted by Crippen LogP contribution is 2.33. The van der Waals surface area contributed by atoms with Crippen molar-refractivity contribution in [3.8, 4) is 0 Å².